The van der Waals surface area contributed by atoms with Crippen LogP contribution in [0.5, 0.6) is 5.75 Å². The maximum Gasteiger partial charge on any atom is 0.165 e. The number of carbonyl (C=O) groups is 1. The fourth-order valence-corrected chi connectivity index (χ4v) is 2.01. The van der Waals surface area contributed by atoms with Gasteiger partial charge in [-0.1, -0.05) is 43.7 Å². The van der Waals surface area contributed by atoms with E-state index in [0.29, 0.717) is 23.6 Å². The fraction of sp³-hybridized carbons (Fsp3) is 0.278. The normalized spacial score (nSPS) is 10.7. The lowest BCUT2D eigenvalue weighted by Crippen LogP contribution is -2.08. The fourth-order valence-electron chi connectivity index (χ4n) is 2.01. The standard InChI is InChI=1S/C18H21NO2/c1-12(2)18(20)15-8-9-17(16(19)10-15)21-11-14-6-4-13(3)5-7-14/h4-10,12H,11,19H2,1-3H3. The molecule has 110 valence electrons. The number of Topliss-reactive ketones (excluding diaryl/α,β-unsaturated/α-hetero) is 1. The van der Waals surface area contributed by atoms with E-state index < -0.39 is 0 Å². The van der Waals surface area contributed by atoms with E-state index in [9.17, 15) is 4.79 Å². The highest BCUT2D eigenvalue weighted by Crippen LogP contribution is 2.25. The Morgan fingerprint density at radius 3 is 2.38 bits per heavy atom. The number of hydrogen-bond acceptors (Lipinski definition) is 3. The summed E-state index contributed by atoms with van der Waals surface area (Å²) >= 11 is 0. The number of nitrogens with two attached hydrogens (primary N) is 1. The summed E-state index contributed by atoms with van der Waals surface area (Å²) in [5.74, 6) is 0.659. The minimum atomic E-state index is -0.0382. The molecule has 0 saturated carbocycles. The van der Waals surface area contributed by atoms with Crippen molar-refractivity contribution in [3.8, 4) is 5.75 Å². The van der Waals surface area contributed by atoms with Crippen LogP contribution in [0.4, 0.5) is 5.69 Å². The van der Waals surface area contributed by atoms with Crippen molar-refractivity contribution in [2.24, 2.45) is 5.92 Å². The molecule has 0 atom stereocenters. The van der Waals surface area contributed by atoms with E-state index in [2.05, 4.69) is 0 Å². The SMILES string of the molecule is Cc1ccc(COc2ccc(C(=O)C(C)C)cc2N)cc1. The first-order chi connectivity index (χ1) is 9.97. The van der Waals surface area contributed by atoms with Crippen molar-refractivity contribution in [1.82, 2.24) is 0 Å². The third-order valence-electron chi connectivity index (χ3n) is 3.33. The molecule has 0 heterocycles. The number of ketones is 1. The molecule has 0 radical (unpaired) electrons. The van der Waals surface area contributed by atoms with Crippen molar-refractivity contribution in [2.75, 3.05) is 5.73 Å². The van der Waals surface area contributed by atoms with Gasteiger partial charge in [0.25, 0.3) is 0 Å². The Morgan fingerprint density at radius 1 is 1.14 bits per heavy atom. The number of hydrogen-bond donors (Lipinski definition) is 1. The van der Waals surface area contributed by atoms with Gasteiger partial charge in [-0.2, -0.15) is 0 Å². The first-order valence-electron chi connectivity index (χ1n) is 7.09. The minimum absolute atomic E-state index is 0.0382. The van der Waals surface area contributed by atoms with Crippen LogP contribution in [-0.4, -0.2) is 5.78 Å². The molecule has 0 aliphatic heterocycles. The lowest BCUT2D eigenvalue weighted by Gasteiger charge is -2.11. The van der Waals surface area contributed by atoms with Gasteiger partial charge >= 0.3 is 0 Å². The smallest absolute Gasteiger partial charge is 0.165 e. The van der Waals surface area contributed by atoms with Crippen molar-refractivity contribution in [3.05, 3.63) is 59.2 Å². The van der Waals surface area contributed by atoms with Gasteiger partial charge in [0.05, 0.1) is 5.69 Å². The van der Waals surface area contributed by atoms with Crippen LogP contribution in [-0.2, 0) is 6.61 Å². The van der Waals surface area contributed by atoms with Gasteiger partial charge in [0.2, 0.25) is 0 Å². The first-order valence-corrected chi connectivity index (χ1v) is 7.09. The lowest BCUT2D eigenvalue weighted by atomic mass is 10.0. The maximum absolute atomic E-state index is 11.9. The molecule has 0 bridgehead atoms. The lowest BCUT2D eigenvalue weighted by molar-refractivity contribution is 0.0939. The van der Waals surface area contributed by atoms with Gasteiger partial charge in [-0.25, -0.2) is 0 Å². The number of ether oxygens (including phenoxy) is 1. The van der Waals surface area contributed by atoms with E-state index in [4.69, 9.17) is 10.5 Å². The van der Waals surface area contributed by atoms with Gasteiger partial charge < -0.3 is 10.5 Å². The molecule has 2 rings (SSSR count). The molecule has 0 aliphatic carbocycles. The number of carbonyl (C=O) groups excluding carboxylic acids is 1. The molecule has 21 heavy (non-hydrogen) atoms. The summed E-state index contributed by atoms with van der Waals surface area (Å²) in [5.41, 5.74) is 9.40. The van der Waals surface area contributed by atoms with Crippen molar-refractivity contribution < 1.29 is 9.53 Å². The van der Waals surface area contributed by atoms with E-state index in [1.807, 2.05) is 45.0 Å². The minimum Gasteiger partial charge on any atom is -0.487 e. The number of rotatable bonds is 5. The Balaban J connectivity index is 2.07. The highest BCUT2D eigenvalue weighted by atomic mass is 16.5. The molecular formula is C18H21NO2. The van der Waals surface area contributed by atoms with Crippen LogP contribution in [0, 0.1) is 12.8 Å². The zero-order chi connectivity index (χ0) is 15.4. The average Bonchev–Trinajstić information content (AvgIpc) is 2.46. The largest absolute Gasteiger partial charge is 0.487 e. The zero-order valence-electron chi connectivity index (χ0n) is 12.7. The molecule has 0 aromatic heterocycles. The van der Waals surface area contributed by atoms with E-state index in [1.54, 1.807) is 18.2 Å². The second-order valence-corrected chi connectivity index (χ2v) is 5.55. The third kappa shape index (κ3) is 3.85. The van der Waals surface area contributed by atoms with Crippen molar-refractivity contribution in [1.29, 1.82) is 0 Å². The number of benzene rings is 2. The summed E-state index contributed by atoms with van der Waals surface area (Å²) in [5, 5.41) is 0. The quantitative estimate of drug-likeness (QED) is 0.666. The molecule has 0 unspecified atom stereocenters. The summed E-state index contributed by atoms with van der Waals surface area (Å²) in [6, 6.07) is 13.4. The topological polar surface area (TPSA) is 52.3 Å². The van der Waals surface area contributed by atoms with E-state index in [0.717, 1.165) is 5.56 Å². The highest BCUT2D eigenvalue weighted by molar-refractivity contribution is 5.98. The zero-order valence-corrected chi connectivity index (χ0v) is 12.7. The van der Waals surface area contributed by atoms with Gasteiger partial charge in [0.15, 0.2) is 5.78 Å². The van der Waals surface area contributed by atoms with Crippen LogP contribution < -0.4 is 10.5 Å². The van der Waals surface area contributed by atoms with Crippen LogP contribution in [0.15, 0.2) is 42.5 Å². The monoisotopic (exact) mass is 283 g/mol. The van der Waals surface area contributed by atoms with E-state index in [-0.39, 0.29) is 11.7 Å². The second-order valence-electron chi connectivity index (χ2n) is 5.55. The molecule has 0 amide bonds. The molecule has 3 nitrogen and oxygen atoms in total. The van der Waals surface area contributed by atoms with E-state index in [1.165, 1.54) is 5.56 Å². The average molecular weight is 283 g/mol. The molecule has 2 aromatic carbocycles. The Labute approximate surface area is 125 Å². The number of aryl methyl sites for hydroxylation is 1. The van der Waals surface area contributed by atoms with Gasteiger partial charge in [0, 0.05) is 11.5 Å². The molecular weight excluding hydrogens is 262 g/mol. The van der Waals surface area contributed by atoms with E-state index >= 15 is 0 Å². The van der Waals surface area contributed by atoms with Crippen LogP contribution in [0.3, 0.4) is 0 Å². The number of nitrogen functional groups attached to an aromatic ring is 1. The van der Waals surface area contributed by atoms with Gasteiger partial charge in [-0.05, 0) is 30.7 Å². The van der Waals surface area contributed by atoms with Crippen LogP contribution in [0.2, 0.25) is 0 Å². The summed E-state index contributed by atoms with van der Waals surface area (Å²) in [4.78, 5) is 11.9. The molecule has 0 aliphatic rings. The predicted molar refractivity (Wildman–Crippen MR) is 85.5 cm³/mol. The molecule has 0 spiro atoms. The summed E-state index contributed by atoms with van der Waals surface area (Å²) in [6.45, 7) is 6.26. The number of anilines is 1. The van der Waals surface area contributed by atoms with Crippen LogP contribution in [0.1, 0.15) is 35.3 Å². The highest BCUT2D eigenvalue weighted by Gasteiger charge is 2.12. The molecule has 2 N–H and O–H groups in total. The molecule has 2 aromatic rings. The maximum atomic E-state index is 11.9. The Kier molecular flexibility index (Phi) is 4.63. The molecule has 0 fully saturated rings. The Bertz CT molecular complexity index is 630. The third-order valence-corrected chi connectivity index (χ3v) is 3.33. The second kappa shape index (κ2) is 6.44. The van der Waals surface area contributed by atoms with Gasteiger partial charge in [-0.3, -0.25) is 4.79 Å². The van der Waals surface area contributed by atoms with Crippen molar-refractivity contribution in [2.45, 2.75) is 27.4 Å². The van der Waals surface area contributed by atoms with Crippen molar-refractivity contribution >= 4 is 11.5 Å². The Hall–Kier alpha value is -2.29. The van der Waals surface area contributed by atoms with Gasteiger partial charge in [-0.15, -0.1) is 0 Å². The first kappa shape index (κ1) is 15.1. The van der Waals surface area contributed by atoms with Crippen LogP contribution >= 0.6 is 0 Å². The van der Waals surface area contributed by atoms with Crippen molar-refractivity contribution in [3.63, 3.8) is 0 Å². The molecule has 3 heteroatoms. The summed E-state index contributed by atoms with van der Waals surface area (Å²) in [7, 11) is 0. The molecule has 0 saturated heterocycles. The van der Waals surface area contributed by atoms with Crippen LogP contribution in [0.25, 0.3) is 0 Å². The predicted octanol–water partition coefficient (Wildman–Crippen LogP) is 3.99. The summed E-state index contributed by atoms with van der Waals surface area (Å²) in [6.07, 6.45) is 0. The Morgan fingerprint density at radius 2 is 1.81 bits per heavy atom. The summed E-state index contributed by atoms with van der Waals surface area (Å²) < 4.78 is 5.72. The van der Waals surface area contributed by atoms with Gasteiger partial charge in [0.1, 0.15) is 12.4 Å².